The van der Waals surface area contributed by atoms with Crippen molar-refractivity contribution in [2.75, 3.05) is 13.7 Å². The van der Waals surface area contributed by atoms with Gasteiger partial charge in [-0.05, 0) is 67.7 Å². The van der Waals surface area contributed by atoms with Gasteiger partial charge in [0.1, 0.15) is 0 Å². The van der Waals surface area contributed by atoms with Gasteiger partial charge in [0.15, 0.2) is 5.11 Å². The molecule has 1 aliphatic heterocycles. The number of aryl methyl sites for hydroxylation is 1. The highest BCUT2D eigenvalue weighted by Gasteiger charge is 2.41. The summed E-state index contributed by atoms with van der Waals surface area (Å²) in [5.74, 6) is -0.208. The van der Waals surface area contributed by atoms with Crippen LogP contribution in [0.15, 0.2) is 72.9 Å². The molecule has 2 aromatic carbocycles. The first-order chi connectivity index (χ1) is 17.5. The number of fused-ring (bicyclic) bond motifs is 1. The van der Waals surface area contributed by atoms with Gasteiger partial charge in [-0.25, -0.2) is 0 Å². The minimum atomic E-state index is -0.208. The first-order valence-electron chi connectivity index (χ1n) is 12.2. The van der Waals surface area contributed by atoms with E-state index in [2.05, 4.69) is 82.1 Å². The Morgan fingerprint density at radius 1 is 1.08 bits per heavy atom. The topological polar surface area (TPSA) is 59.4 Å². The molecule has 2 atom stereocenters. The first-order valence-corrected chi connectivity index (χ1v) is 12.6. The van der Waals surface area contributed by atoms with Crippen molar-refractivity contribution in [3.63, 3.8) is 0 Å². The molecule has 5 rings (SSSR count). The number of hydrogen-bond donors (Lipinski definition) is 1. The summed E-state index contributed by atoms with van der Waals surface area (Å²) in [5, 5.41) is 6.62. The summed E-state index contributed by atoms with van der Waals surface area (Å²) in [7, 11) is 1.42. The molecule has 0 spiro atoms. The Hall–Kier alpha value is -3.71. The van der Waals surface area contributed by atoms with Gasteiger partial charge in [-0.3, -0.25) is 9.78 Å². The smallest absolute Gasteiger partial charge is 0.305 e. The number of carbonyl (C=O) groups excluding carboxylic acids is 1. The summed E-state index contributed by atoms with van der Waals surface area (Å²) < 4.78 is 7.18. The van der Waals surface area contributed by atoms with Crippen molar-refractivity contribution in [2.45, 2.75) is 38.8 Å². The molecule has 36 heavy (non-hydrogen) atoms. The molecule has 3 heterocycles. The summed E-state index contributed by atoms with van der Waals surface area (Å²) in [6, 6.07) is 23.0. The maximum Gasteiger partial charge on any atom is 0.305 e. The number of benzene rings is 2. The Kier molecular flexibility index (Phi) is 6.74. The van der Waals surface area contributed by atoms with Gasteiger partial charge in [0.2, 0.25) is 0 Å². The molecule has 4 aromatic rings. The van der Waals surface area contributed by atoms with Gasteiger partial charge < -0.3 is 19.5 Å². The number of rotatable bonds is 7. The Morgan fingerprint density at radius 3 is 2.64 bits per heavy atom. The molecule has 0 bridgehead atoms. The van der Waals surface area contributed by atoms with E-state index in [9.17, 15) is 4.79 Å². The van der Waals surface area contributed by atoms with Crippen molar-refractivity contribution < 1.29 is 9.53 Å². The molecule has 1 aliphatic rings. The normalized spacial score (nSPS) is 17.4. The average molecular weight is 499 g/mol. The number of aromatic nitrogens is 2. The van der Waals surface area contributed by atoms with Crippen molar-refractivity contribution >= 4 is 34.1 Å². The summed E-state index contributed by atoms with van der Waals surface area (Å²) in [5.41, 5.74) is 5.62. The quantitative estimate of drug-likeness (QED) is 0.266. The van der Waals surface area contributed by atoms with Crippen LogP contribution >= 0.6 is 12.2 Å². The molecule has 0 unspecified atom stereocenters. The third-order valence-electron chi connectivity index (χ3n) is 7.00. The number of nitrogens with zero attached hydrogens (tertiary/aromatic N) is 3. The van der Waals surface area contributed by atoms with Crippen molar-refractivity contribution in [1.82, 2.24) is 19.8 Å². The second kappa shape index (κ2) is 10.1. The van der Waals surface area contributed by atoms with E-state index in [0.717, 1.165) is 17.1 Å². The van der Waals surface area contributed by atoms with Crippen LogP contribution in [0.2, 0.25) is 0 Å². The lowest BCUT2D eigenvalue weighted by Crippen LogP contribution is -2.31. The molecule has 2 aromatic heterocycles. The van der Waals surface area contributed by atoms with Crippen molar-refractivity contribution in [2.24, 2.45) is 0 Å². The third-order valence-corrected chi connectivity index (χ3v) is 7.35. The van der Waals surface area contributed by atoms with Gasteiger partial charge in [-0.15, -0.1) is 0 Å². The molecule has 0 aliphatic carbocycles. The number of pyridine rings is 1. The standard InChI is InChI=1S/C29H30N4O2S/c1-19-18-23(20(2)33(19)25-14-8-11-21-10-4-5-12-22(21)25)28-27(24-13-6-7-16-30-24)31-29(36)32(28)17-9-15-26(34)35-3/h4-8,10-14,16,18,27-28H,9,15,17H2,1-3H3,(H,31,36)/t27-,28+/m1/s1. The van der Waals surface area contributed by atoms with E-state index in [1.807, 2.05) is 24.4 Å². The van der Waals surface area contributed by atoms with Gasteiger partial charge in [0, 0.05) is 35.9 Å². The number of carbonyl (C=O) groups is 1. The minimum Gasteiger partial charge on any atom is -0.469 e. The zero-order chi connectivity index (χ0) is 25.2. The summed E-state index contributed by atoms with van der Waals surface area (Å²) in [4.78, 5) is 18.6. The zero-order valence-electron chi connectivity index (χ0n) is 20.8. The SMILES string of the molecule is COC(=O)CCCN1C(=S)N[C@H](c2ccccn2)[C@@H]1c1cc(C)n(-c2cccc3ccccc23)c1C. The third kappa shape index (κ3) is 4.35. The molecular formula is C29H30N4O2S. The molecule has 0 amide bonds. The number of methoxy groups -OCH3 is 1. The van der Waals surface area contributed by atoms with E-state index in [-0.39, 0.29) is 18.1 Å². The predicted octanol–water partition coefficient (Wildman–Crippen LogP) is 5.57. The van der Waals surface area contributed by atoms with E-state index >= 15 is 0 Å². The molecule has 1 fully saturated rings. The van der Waals surface area contributed by atoms with E-state index in [1.54, 1.807) is 0 Å². The summed E-state index contributed by atoms with van der Waals surface area (Å²) in [6.07, 6.45) is 2.82. The second-order valence-corrected chi connectivity index (χ2v) is 9.55. The summed E-state index contributed by atoms with van der Waals surface area (Å²) in [6.45, 7) is 4.97. The molecule has 7 heteroatoms. The first kappa shape index (κ1) is 24.0. The van der Waals surface area contributed by atoms with Crippen molar-refractivity contribution in [3.05, 3.63) is 95.6 Å². The molecule has 1 saturated heterocycles. The predicted molar refractivity (Wildman–Crippen MR) is 146 cm³/mol. The second-order valence-electron chi connectivity index (χ2n) is 9.16. The van der Waals surface area contributed by atoms with Crippen LogP contribution in [0.5, 0.6) is 0 Å². The molecule has 184 valence electrons. The van der Waals surface area contributed by atoms with Gasteiger partial charge in [0.05, 0.1) is 30.6 Å². The van der Waals surface area contributed by atoms with Crippen LogP contribution in [0.1, 0.15) is 47.6 Å². The zero-order valence-corrected chi connectivity index (χ0v) is 21.6. The van der Waals surface area contributed by atoms with Crippen LogP contribution in [-0.2, 0) is 9.53 Å². The maximum atomic E-state index is 11.8. The molecule has 0 radical (unpaired) electrons. The van der Waals surface area contributed by atoms with Crippen LogP contribution in [-0.4, -0.2) is 39.2 Å². The number of nitrogens with one attached hydrogen (secondary N) is 1. The maximum absolute atomic E-state index is 11.8. The average Bonchev–Trinajstić information content (AvgIpc) is 3.38. The van der Waals surface area contributed by atoms with Crippen molar-refractivity contribution in [1.29, 1.82) is 0 Å². The number of hydrogen-bond acceptors (Lipinski definition) is 4. The molecule has 1 N–H and O–H groups in total. The van der Waals surface area contributed by atoms with E-state index in [1.165, 1.54) is 29.1 Å². The van der Waals surface area contributed by atoms with Crippen LogP contribution in [0.25, 0.3) is 16.5 Å². The van der Waals surface area contributed by atoms with Crippen molar-refractivity contribution in [3.8, 4) is 5.69 Å². The Balaban J connectivity index is 1.59. The Bertz CT molecular complexity index is 1410. The van der Waals surface area contributed by atoms with Gasteiger partial charge in [-0.2, -0.15) is 0 Å². The number of ether oxygens (including phenoxy) is 1. The lowest BCUT2D eigenvalue weighted by Gasteiger charge is -2.28. The summed E-state index contributed by atoms with van der Waals surface area (Å²) >= 11 is 5.81. The van der Waals surface area contributed by atoms with E-state index < -0.39 is 0 Å². The highest BCUT2D eigenvalue weighted by atomic mass is 32.1. The minimum absolute atomic E-state index is 0.0556. The fraction of sp³-hybridized carbons (Fsp3) is 0.276. The van der Waals surface area contributed by atoms with Gasteiger partial charge in [0.25, 0.3) is 0 Å². The molecular weight excluding hydrogens is 468 g/mol. The largest absolute Gasteiger partial charge is 0.469 e. The van der Waals surface area contributed by atoms with Crippen LogP contribution in [0.3, 0.4) is 0 Å². The lowest BCUT2D eigenvalue weighted by molar-refractivity contribution is -0.140. The highest BCUT2D eigenvalue weighted by Crippen LogP contribution is 2.42. The van der Waals surface area contributed by atoms with E-state index in [0.29, 0.717) is 24.5 Å². The van der Waals surface area contributed by atoms with Gasteiger partial charge in [-0.1, -0.05) is 42.5 Å². The highest BCUT2D eigenvalue weighted by molar-refractivity contribution is 7.80. The number of esters is 1. The Morgan fingerprint density at radius 2 is 1.86 bits per heavy atom. The van der Waals surface area contributed by atoms with Crippen LogP contribution < -0.4 is 5.32 Å². The Labute approximate surface area is 216 Å². The monoisotopic (exact) mass is 498 g/mol. The van der Waals surface area contributed by atoms with Crippen LogP contribution in [0, 0.1) is 13.8 Å². The van der Waals surface area contributed by atoms with Crippen LogP contribution in [0.4, 0.5) is 0 Å². The lowest BCUT2D eigenvalue weighted by atomic mass is 9.96. The molecule has 6 nitrogen and oxygen atoms in total. The van der Waals surface area contributed by atoms with E-state index in [4.69, 9.17) is 17.0 Å². The van der Waals surface area contributed by atoms with Gasteiger partial charge >= 0.3 is 5.97 Å². The fourth-order valence-electron chi connectivity index (χ4n) is 5.34. The number of thiocarbonyl (C=S) groups is 1. The molecule has 0 saturated carbocycles. The fourth-order valence-corrected chi connectivity index (χ4v) is 5.67.